The maximum atomic E-state index is 12.0. The van der Waals surface area contributed by atoms with Crippen LogP contribution in [0, 0.1) is 0 Å². The number of hydrogen-bond donors (Lipinski definition) is 1. The van der Waals surface area contributed by atoms with E-state index in [1.807, 2.05) is 19.9 Å². The van der Waals surface area contributed by atoms with Crippen LogP contribution in [0.5, 0.6) is 5.88 Å². The minimum atomic E-state index is -0.341. The van der Waals surface area contributed by atoms with E-state index in [9.17, 15) is 4.79 Å². The smallest absolute Gasteiger partial charge is 0.338 e. The largest absolute Gasteiger partial charge is 0.474 e. The summed E-state index contributed by atoms with van der Waals surface area (Å²) < 4.78 is 10.8. The summed E-state index contributed by atoms with van der Waals surface area (Å²) in [5, 5.41) is 3.20. The van der Waals surface area contributed by atoms with Crippen molar-refractivity contribution < 1.29 is 14.3 Å². The summed E-state index contributed by atoms with van der Waals surface area (Å²) in [4.78, 5) is 16.2. The van der Waals surface area contributed by atoms with E-state index in [0.717, 1.165) is 5.69 Å². The normalized spacial score (nSPS) is 12.1. The van der Waals surface area contributed by atoms with Gasteiger partial charge in [0.05, 0.1) is 23.8 Å². The summed E-state index contributed by atoms with van der Waals surface area (Å²) >= 11 is 0. The van der Waals surface area contributed by atoms with Crippen LogP contribution < -0.4 is 10.1 Å². The van der Waals surface area contributed by atoms with E-state index in [4.69, 9.17) is 9.47 Å². The predicted molar refractivity (Wildman–Crippen MR) is 87.6 cm³/mol. The summed E-state index contributed by atoms with van der Waals surface area (Å²) in [5.41, 5.74) is 2.04. The van der Waals surface area contributed by atoms with Crippen molar-refractivity contribution in [3.05, 3.63) is 23.9 Å². The quantitative estimate of drug-likeness (QED) is 0.857. The molecule has 1 aromatic heterocycles. The SMILES string of the molecule is CCOC(=O)C1=CCNc2ccnc(OC(C)C)c21.Cl.Cl. The van der Waals surface area contributed by atoms with Crippen molar-refractivity contribution in [3.8, 4) is 5.88 Å². The zero-order valence-electron chi connectivity index (χ0n) is 12.2. The van der Waals surface area contributed by atoms with Crippen LogP contribution in [0.3, 0.4) is 0 Å². The standard InChI is InChI=1S/C14H18N2O3.2ClH/c1-4-18-14(17)10-5-7-15-11-6-8-16-13(12(10)11)19-9(2)3;;/h5-6,8-9,15H,4,7H2,1-3H3;2*1H. The highest BCUT2D eigenvalue weighted by Gasteiger charge is 2.25. The minimum Gasteiger partial charge on any atom is -0.474 e. The third-order valence-corrected chi connectivity index (χ3v) is 2.63. The fourth-order valence-electron chi connectivity index (χ4n) is 1.92. The molecular formula is C14H20Cl2N2O3. The van der Waals surface area contributed by atoms with Gasteiger partial charge < -0.3 is 14.8 Å². The summed E-state index contributed by atoms with van der Waals surface area (Å²) in [6, 6.07) is 1.83. The summed E-state index contributed by atoms with van der Waals surface area (Å²) in [5.74, 6) is 0.117. The van der Waals surface area contributed by atoms with Gasteiger partial charge in [0, 0.05) is 18.4 Å². The maximum absolute atomic E-state index is 12.0. The van der Waals surface area contributed by atoms with E-state index in [1.54, 1.807) is 19.2 Å². The van der Waals surface area contributed by atoms with Gasteiger partial charge in [-0.05, 0) is 26.8 Å². The monoisotopic (exact) mass is 334 g/mol. The molecule has 1 aliphatic heterocycles. The maximum Gasteiger partial charge on any atom is 0.338 e. The molecule has 0 amide bonds. The van der Waals surface area contributed by atoms with Crippen molar-refractivity contribution in [1.29, 1.82) is 0 Å². The lowest BCUT2D eigenvalue weighted by Crippen LogP contribution is -2.18. The van der Waals surface area contributed by atoms with Crippen molar-refractivity contribution in [2.24, 2.45) is 0 Å². The van der Waals surface area contributed by atoms with E-state index in [0.29, 0.717) is 30.2 Å². The Balaban J connectivity index is 0.00000200. The van der Waals surface area contributed by atoms with E-state index in [1.165, 1.54) is 0 Å². The Hall–Kier alpha value is -1.46. The number of rotatable bonds is 4. The molecule has 21 heavy (non-hydrogen) atoms. The van der Waals surface area contributed by atoms with Crippen LogP contribution in [0.15, 0.2) is 18.3 Å². The number of carbonyl (C=O) groups is 1. The van der Waals surface area contributed by atoms with Crippen LogP contribution in [-0.2, 0) is 9.53 Å². The number of nitrogens with one attached hydrogen (secondary N) is 1. The summed E-state index contributed by atoms with van der Waals surface area (Å²) in [6.07, 6.45) is 3.46. The van der Waals surface area contributed by atoms with Crippen LogP contribution in [0.2, 0.25) is 0 Å². The highest BCUT2D eigenvalue weighted by atomic mass is 35.5. The summed E-state index contributed by atoms with van der Waals surface area (Å²) in [6.45, 7) is 6.57. The molecule has 0 aliphatic carbocycles. The van der Waals surface area contributed by atoms with Crippen molar-refractivity contribution in [3.63, 3.8) is 0 Å². The topological polar surface area (TPSA) is 60.5 Å². The third kappa shape index (κ3) is 4.51. The number of fused-ring (bicyclic) bond motifs is 1. The van der Waals surface area contributed by atoms with Crippen LogP contribution in [-0.4, -0.2) is 30.2 Å². The average molecular weight is 335 g/mol. The average Bonchev–Trinajstić information content (AvgIpc) is 2.38. The van der Waals surface area contributed by atoms with Crippen molar-refractivity contribution in [1.82, 2.24) is 4.98 Å². The minimum absolute atomic E-state index is 0. The second kappa shape index (κ2) is 8.74. The molecule has 2 rings (SSSR count). The second-order valence-corrected chi connectivity index (χ2v) is 4.42. The first-order valence-electron chi connectivity index (χ1n) is 6.40. The summed E-state index contributed by atoms with van der Waals surface area (Å²) in [7, 11) is 0. The molecule has 0 fully saturated rings. The van der Waals surface area contributed by atoms with Gasteiger partial charge >= 0.3 is 5.97 Å². The van der Waals surface area contributed by atoms with Gasteiger partial charge in [0.1, 0.15) is 0 Å². The first-order valence-corrected chi connectivity index (χ1v) is 6.40. The van der Waals surface area contributed by atoms with Gasteiger partial charge in [0.15, 0.2) is 0 Å². The molecule has 7 heteroatoms. The fourth-order valence-corrected chi connectivity index (χ4v) is 1.92. The number of pyridine rings is 1. The molecule has 0 radical (unpaired) electrons. The first-order chi connectivity index (χ1) is 9.13. The highest BCUT2D eigenvalue weighted by molar-refractivity contribution is 6.19. The van der Waals surface area contributed by atoms with Crippen LogP contribution >= 0.6 is 24.8 Å². The molecule has 1 N–H and O–H groups in total. The predicted octanol–water partition coefficient (Wildman–Crippen LogP) is 3.08. The molecule has 0 bridgehead atoms. The Bertz CT molecular complexity index is 519. The van der Waals surface area contributed by atoms with Crippen molar-refractivity contribution >= 4 is 42.0 Å². The number of nitrogens with zero attached hydrogens (tertiary/aromatic N) is 1. The van der Waals surface area contributed by atoms with E-state index >= 15 is 0 Å². The Morgan fingerprint density at radius 3 is 2.76 bits per heavy atom. The molecule has 0 unspecified atom stereocenters. The number of anilines is 1. The number of carbonyl (C=O) groups excluding carboxylic acids is 1. The van der Waals surface area contributed by atoms with Crippen molar-refractivity contribution in [2.45, 2.75) is 26.9 Å². The molecule has 0 aromatic carbocycles. The molecule has 1 aromatic rings. The number of hydrogen-bond acceptors (Lipinski definition) is 5. The molecule has 2 heterocycles. The molecule has 0 spiro atoms. The number of esters is 1. The zero-order chi connectivity index (χ0) is 13.8. The van der Waals surface area contributed by atoms with Gasteiger partial charge in [0.2, 0.25) is 5.88 Å². The molecule has 0 saturated carbocycles. The number of halogens is 2. The van der Waals surface area contributed by atoms with Crippen LogP contribution in [0.25, 0.3) is 5.57 Å². The van der Waals surface area contributed by atoms with Gasteiger partial charge in [0.25, 0.3) is 0 Å². The lowest BCUT2D eigenvalue weighted by atomic mass is 10.0. The third-order valence-electron chi connectivity index (χ3n) is 2.63. The number of aromatic nitrogens is 1. The lowest BCUT2D eigenvalue weighted by molar-refractivity contribution is -0.136. The van der Waals surface area contributed by atoms with Crippen LogP contribution in [0.1, 0.15) is 26.3 Å². The fraction of sp³-hybridized carbons (Fsp3) is 0.429. The zero-order valence-corrected chi connectivity index (χ0v) is 13.8. The number of ether oxygens (including phenoxy) is 2. The van der Waals surface area contributed by atoms with Gasteiger partial charge in [-0.3, -0.25) is 0 Å². The van der Waals surface area contributed by atoms with Gasteiger partial charge in [-0.15, -0.1) is 24.8 Å². The van der Waals surface area contributed by atoms with Crippen LogP contribution in [0.4, 0.5) is 5.69 Å². The first kappa shape index (κ1) is 19.5. The van der Waals surface area contributed by atoms with Crippen molar-refractivity contribution in [2.75, 3.05) is 18.5 Å². The Morgan fingerprint density at radius 2 is 2.14 bits per heavy atom. The van der Waals surface area contributed by atoms with Gasteiger partial charge in [-0.25, -0.2) is 9.78 Å². The Morgan fingerprint density at radius 1 is 1.43 bits per heavy atom. The molecule has 5 nitrogen and oxygen atoms in total. The Kier molecular flexibility index (Phi) is 8.14. The van der Waals surface area contributed by atoms with Gasteiger partial charge in [-0.1, -0.05) is 6.08 Å². The van der Waals surface area contributed by atoms with Gasteiger partial charge in [-0.2, -0.15) is 0 Å². The van der Waals surface area contributed by atoms with E-state index < -0.39 is 0 Å². The highest BCUT2D eigenvalue weighted by Crippen LogP contribution is 2.35. The molecule has 118 valence electrons. The second-order valence-electron chi connectivity index (χ2n) is 4.42. The molecule has 0 atom stereocenters. The lowest BCUT2D eigenvalue weighted by Gasteiger charge is -2.21. The van der Waals surface area contributed by atoms with E-state index in [2.05, 4.69) is 10.3 Å². The molecule has 0 saturated heterocycles. The molecular weight excluding hydrogens is 315 g/mol. The van der Waals surface area contributed by atoms with E-state index in [-0.39, 0.29) is 36.9 Å². The molecule has 1 aliphatic rings. The Labute approximate surface area is 136 Å².